The van der Waals surface area contributed by atoms with E-state index in [0.717, 1.165) is 12.0 Å². The lowest BCUT2D eigenvalue weighted by molar-refractivity contribution is 0.0694. The Balaban J connectivity index is 2.41. The fourth-order valence-electron chi connectivity index (χ4n) is 1.77. The molecule has 0 unspecified atom stereocenters. The van der Waals surface area contributed by atoms with E-state index in [1.54, 1.807) is 12.1 Å². The Morgan fingerprint density at radius 2 is 1.95 bits per heavy atom. The molecule has 0 spiro atoms. The summed E-state index contributed by atoms with van der Waals surface area (Å²) in [6.07, 6.45) is 0.812. The highest BCUT2D eigenvalue weighted by Gasteiger charge is 2.13. The molecule has 2 aromatic carbocycles. The average molecular weight is 277 g/mol. The van der Waals surface area contributed by atoms with Crippen molar-refractivity contribution in [3.8, 4) is 11.5 Å². The number of aryl methyl sites for hydroxylation is 1. The lowest BCUT2D eigenvalue weighted by Gasteiger charge is -2.12. The van der Waals surface area contributed by atoms with Crippen LogP contribution in [-0.4, -0.2) is 11.1 Å². The standard InChI is InChI=1S/C15H13ClO3/c1-2-10-5-3-4-6-13(10)19-14-8-7-11(16)9-12(14)15(17)18/h3-9H,2H2,1H3,(H,17,18). The van der Waals surface area contributed by atoms with E-state index in [1.165, 1.54) is 6.07 Å². The van der Waals surface area contributed by atoms with Crippen LogP contribution in [0.25, 0.3) is 0 Å². The molecule has 0 aromatic heterocycles. The van der Waals surface area contributed by atoms with Crippen LogP contribution in [0.4, 0.5) is 0 Å². The largest absolute Gasteiger partial charge is 0.478 e. The molecule has 0 aliphatic carbocycles. The summed E-state index contributed by atoms with van der Waals surface area (Å²) in [5.74, 6) is -0.112. The number of benzene rings is 2. The maximum Gasteiger partial charge on any atom is 0.339 e. The quantitative estimate of drug-likeness (QED) is 0.901. The molecule has 0 saturated heterocycles. The van der Waals surface area contributed by atoms with Gasteiger partial charge in [-0.05, 0) is 36.2 Å². The number of hydrogen-bond donors (Lipinski definition) is 1. The van der Waals surface area contributed by atoms with Gasteiger partial charge < -0.3 is 9.84 Å². The molecule has 1 N–H and O–H groups in total. The molecular formula is C15H13ClO3. The minimum Gasteiger partial charge on any atom is -0.478 e. The second kappa shape index (κ2) is 5.76. The molecule has 0 aliphatic heterocycles. The summed E-state index contributed by atoms with van der Waals surface area (Å²) >= 11 is 5.80. The lowest BCUT2D eigenvalue weighted by atomic mass is 10.1. The average Bonchev–Trinajstić information content (AvgIpc) is 2.41. The Bertz CT molecular complexity index is 608. The molecular weight excluding hydrogens is 264 g/mol. The number of aromatic carboxylic acids is 1. The maximum atomic E-state index is 11.2. The smallest absolute Gasteiger partial charge is 0.339 e. The molecule has 19 heavy (non-hydrogen) atoms. The Kier molecular flexibility index (Phi) is 4.07. The first-order valence-corrected chi connectivity index (χ1v) is 6.28. The number of carboxylic acid groups (broad SMARTS) is 1. The SMILES string of the molecule is CCc1ccccc1Oc1ccc(Cl)cc1C(=O)O. The fourth-order valence-corrected chi connectivity index (χ4v) is 1.94. The third kappa shape index (κ3) is 3.06. The zero-order valence-electron chi connectivity index (χ0n) is 10.4. The molecule has 4 heteroatoms. The second-order valence-corrected chi connectivity index (χ2v) is 4.45. The van der Waals surface area contributed by atoms with Gasteiger partial charge in [0, 0.05) is 5.02 Å². The molecule has 3 nitrogen and oxygen atoms in total. The lowest BCUT2D eigenvalue weighted by Crippen LogP contribution is -2.00. The third-order valence-corrected chi connectivity index (χ3v) is 2.98. The Labute approximate surface area is 116 Å². The first kappa shape index (κ1) is 13.4. The van der Waals surface area contributed by atoms with E-state index >= 15 is 0 Å². The van der Waals surface area contributed by atoms with Crippen molar-refractivity contribution in [2.24, 2.45) is 0 Å². The zero-order chi connectivity index (χ0) is 13.8. The van der Waals surface area contributed by atoms with Crippen LogP contribution in [0.3, 0.4) is 0 Å². The summed E-state index contributed by atoms with van der Waals surface area (Å²) in [4.78, 5) is 11.2. The second-order valence-electron chi connectivity index (χ2n) is 4.01. The van der Waals surface area contributed by atoms with Crippen LogP contribution in [0.15, 0.2) is 42.5 Å². The Morgan fingerprint density at radius 1 is 1.21 bits per heavy atom. The van der Waals surface area contributed by atoms with Crippen molar-refractivity contribution in [3.63, 3.8) is 0 Å². The van der Waals surface area contributed by atoms with Crippen molar-refractivity contribution in [2.75, 3.05) is 0 Å². The van der Waals surface area contributed by atoms with Crippen molar-refractivity contribution >= 4 is 17.6 Å². The van der Waals surface area contributed by atoms with Crippen LogP contribution in [0.5, 0.6) is 11.5 Å². The molecule has 0 radical (unpaired) electrons. The van der Waals surface area contributed by atoms with Gasteiger partial charge in [-0.25, -0.2) is 4.79 Å². The highest BCUT2D eigenvalue weighted by atomic mass is 35.5. The van der Waals surface area contributed by atoms with Gasteiger partial charge in [-0.2, -0.15) is 0 Å². The van der Waals surface area contributed by atoms with Gasteiger partial charge in [-0.1, -0.05) is 36.7 Å². The molecule has 2 rings (SSSR count). The molecule has 0 bridgehead atoms. The monoisotopic (exact) mass is 276 g/mol. The Morgan fingerprint density at radius 3 is 2.63 bits per heavy atom. The van der Waals surface area contributed by atoms with Crippen molar-refractivity contribution in [1.29, 1.82) is 0 Å². The van der Waals surface area contributed by atoms with Crippen LogP contribution >= 0.6 is 11.6 Å². The number of rotatable bonds is 4. The molecule has 0 heterocycles. The van der Waals surface area contributed by atoms with Gasteiger partial charge in [-0.15, -0.1) is 0 Å². The molecule has 0 atom stereocenters. The van der Waals surface area contributed by atoms with Gasteiger partial charge in [0.25, 0.3) is 0 Å². The maximum absolute atomic E-state index is 11.2. The summed E-state index contributed by atoms with van der Waals surface area (Å²) in [7, 11) is 0. The van der Waals surface area contributed by atoms with Gasteiger partial charge in [0.15, 0.2) is 0 Å². The van der Waals surface area contributed by atoms with Gasteiger partial charge >= 0.3 is 5.97 Å². The van der Waals surface area contributed by atoms with Gasteiger partial charge in [-0.3, -0.25) is 0 Å². The summed E-state index contributed by atoms with van der Waals surface area (Å²) in [5.41, 5.74) is 1.08. The summed E-state index contributed by atoms with van der Waals surface area (Å²) < 4.78 is 5.71. The van der Waals surface area contributed by atoms with Crippen molar-refractivity contribution < 1.29 is 14.6 Å². The van der Waals surface area contributed by atoms with Crippen LogP contribution in [0.2, 0.25) is 5.02 Å². The first-order valence-electron chi connectivity index (χ1n) is 5.90. The van der Waals surface area contributed by atoms with E-state index in [4.69, 9.17) is 21.4 Å². The molecule has 2 aromatic rings. The first-order chi connectivity index (χ1) is 9.11. The number of para-hydroxylation sites is 1. The van der Waals surface area contributed by atoms with Gasteiger partial charge in [0.2, 0.25) is 0 Å². The topological polar surface area (TPSA) is 46.5 Å². The van der Waals surface area contributed by atoms with Gasteiger partial charge in [0.1, 0.15) is 17.1 Å². The summed E-state index contributed by atoms with van der Waals surface area (Å²) in [6, 6.07) is 12.1. The summed E-state index contributed by atoms with van der Waals surface area (Å²) in [5, 5.41) is 9.52. The third-order valence-electron chi connectivity index (χ3n) is 2.75. The van der Waals surface area contributed by atoms with E-state index in [-0.39, 0.29) is 11.3 Å². The van der Waals surface area contributed by atoms with E-state index in [9.17, 15) is 4.79 Å². The zero-order valence-corrected chi connectivity index (χ0v) is 11.1. The van der Waals surface area contributed by atoms with Crippen molar-refractivity contribution in [2.45, 2.75) is 13.3 Å². The number of hydrogen-bond acceptors (Lipinski definition) is 2. The normalized spacial score (nSPS) is 10.2. The Hall–Kier alpha value is -2.00. The molecule has 0 fully saturated rings. The van der Waals surface area contributed by atoms with E-state index in [1.807, 2.05) is 31.2 Å². The number of ether oxygens (including phenoxy) is 1. The molecule has 98 valence electrons. The highest BCUT2D eigenvalue weighted by Crippen LogP contribution is 2.30. The molecule has 0 amide bonds. The van der Waals surface area contributed by atoms with Crippen LogP contribution in [0.1, 0.15) is 22.8 Å². The minimum absolute atomic E-state index is 0.0541. The fraction of sp³-hybridized carbons (Fsp3) is 0.133. The van der Waals surface area contributed by atoms with Gasteiger partial charge in [0.05, 0.1) is 0 Å². The number of carbonyl (C=O) groups is 1. The molecule has 0 aliphatic rings. The van der Waals surface area contributed by atoms with E-state index < -0.39 is 5.97 Å². The van der Waals surface area contributed by atoms with Crippen LogP contribution in [0, 0.1) is 0 Å². The predicted molar refractivity (Wildman–Crippen MR) is 74.3 cm³/mol. The highest BCUT2D eigenvalue weighted by molar-refractivity contribution is 6.31. The van der Waals surface area contributed by atoms with Crippen LogP contribution < -0.4 is 4.74 Å². The molecule has 0 saturated carbocycles. The summed E-state index contributed by atoms with van der Waals surface area (Å²) in [6.45, 7) is 2.02. The van der Waals surface area contributed by atoms with E-state index in [2.05, 4.69) is 0 Å². The van der Waals surface area contributed by atoms with Crippen molar-refractivity contribution in [3.05, 3.63) is 58.6 Å². The van der Waals surface area contributed by atoms with Crippen molar-refractivity contribution in [1.82, 2.24) is 0 Å². The number of carboxylic acids is 1. The minimum atomic E-state index is -1.06. The van der Waals surface area contributed by atoms with Crippen LogP contribution in [-0.2, 0) is 6.42 Å². The number of halogens is 1. The predicted octanol–water partition coefficient (Wildman–Crippen LogP) is 4.39. The van der Waals surface area contributed by atoms with E-state index in [0.29, 0.717) is 10.8 Å².